The number of furan rings is 1. The lowest BCUT2D eigenvalue weighted by atomic mass is 10.1. The number of imide groups is 1. The third-order valence-corrected chi connectivity index (χ3v) is 3.75. The molecule has 1 saturated heterocycles. The van der Waals surface area contributed by atoms with Gasteiger partial charge >= 0.3 is 0 Å². The second kappa shape index (κ2) is 5.80. The number of anilines is 1. The average molecular weight is 333 g/mol. The van der Waals surface area contributed by atoms with Gasteiger partial charge < -0.3 is 24.1 Å². The smallest absolute Gasteiger partial charge is 0.256 e. The number of ether oxygens (including phenoxy) is 2. The molecule has 1 aliphatic rings. The van der Waals surface area contributed by atoms with E-state index in [2.05, 4.69) is 0 Å². The molecule has 0 atom stereocenters. The van der Waals surface area contributed by atoms with Crippen LogP contribution in [0, 0.1) is 0 Å². The highest BCUT2D eigenvalue weighted by Crippen LogP contribution is 2.52. The van der Waals surface area contributed by atoms with Crippen molar-refractivity contribution in [3.05, 3.63) is 18.2 Å². The summed E-state index contributed by atoms with van der Waals surface area (Å²) in [4.78, 5) is 24.4. The minimum atomic E-state index is -0.693. The summed E-state index contributed by atoms with van der Waals surface area (Å²) in [6, 6.07) is 4.90. The fraction of sp³-hybridized carbons (Fsp3) is 0.250. The molecule has 8 nitrogen and oxygen atoms in total. The molecule has 0 bridgehead atoms. The van der Waals surface area contributed by atoms with Crippen LogP contribution in [0.3, 0.4) is 0 Å². The maximum atomic E-state index is 11.8. The maximum Gasteiger partial charge on any atom is 0.256 e. The molecule has 1 aromatic heterocycles. The zero-order valence-corrected chi connectivity index (χ0v) is 13.0. The highest BCUT2D eigenvalue weighted by molar-refractivity contribution is 6.20. The fourth-order valence-electron chi connectivity index (χ4n) is 2.60. The van der Waals surface area contributed by atoms with E-state index in [4.69, 9.17) is 13.9 Å². The molecule has 0 aliphatic carbocycles. The molecule has 1 fully saturated rings. The number of nitrogens with zero attached hydrogens (tertiary/aromatic N) is 1. The van der Waals surface area contributed by atoms with Crippen LogP contribution in [0.4, 0.5) is 5.88 Å². The summed E-state index contributed by atoms with van der Waals surface area (Å²) >= 11 is 0. The predicted molar refractivity (Wildman–Crippen MR) is 82.3 cm³/mol. The van der Waals surface area contributed by atoms with Crippen LogP contribution in [0.25, 0.3) is 11.3 Å². The van der Waals surface area contributed by atoms with E-state index in [-0.39, 0.29) is 24.2 Å². The normalized spacial score (nSPS) is 14.3. The summed E-state index contributed by atoms with van der Waals surface area (Å²) in [5.74, 6) is -2.26. The Balaban J connectivity index is 2.20. The second-order valence-electron chi connectivity index (χ2n) is 5.09. The van der Waals surface area contributed by atoms with Gasteiger partial charge in [-0.2, -0.15) is 0 Å². The molecule has 1 aliphatic heterocycles. The van der Waals surface area contributed by atoms with E-state index in [1.54, 1.807) is 18.2 Å². The van der Waals surface area contributed by atoms with Crippen molar-refractivity contribution in [3.8, 4) is 34.3 Å². The van der Waals surface area contributed by atoms with Crippen molar-refractivity contribution in [2.24, 2.45) is 0 Å². The number of aromatic hydroxyl groups is 2. The van der Waals surface area contributed by atoms with Gasteiger partial charge in [0.25, 0.3) is 5.88 Å². The maximum absolute atomic E-state index is 11.8. The molecule has 0 saturated carbocycles. The van der Waals surface area contributed by atoms with Crippen molar-refractivity contribution in [1.82, 2.24) is 0 Å². The van der Waals surface area contributed by atoms with Crippen LogP contribution >= 0.6 is 0 Å². The van der Waals surface area contributed by atoms with Crippen molar-refractivity contribution < 1.29 is 33.7 Å². The van der Waals surface area contributed by atoms with Gasteiger partial charge in [0.05, 0.1) is 14.2 Å². The first-order chi connectivity index (χ1) is 11.5. The number of carbonyl (C=O) groups excluding carboxylic acids is 2. The molecular formula is C16H15NO7. The Morgan fingerprint density at radius 1 is 1.00 bits per heavy atom. The Morgan fingerprint density at radius 3 is 2.04 bits per heavy atom. The highest BCUT2D eigenvalue weighted by Gasteiger charge is 2.38. The van der Waals surface area contributed by atoms with Crippen molar-refractivity contribution in [2.75, 3.05) is 19.1 Å². The Kier molecular flexibility index (Phi) is 3.80. The third-order valence-electron chi connectivity index (χ3n) is 3.75. The minimum absolute atomic E-state index is 0.0209. The van der Waals surface area contributed by atoms with Gasteiger partial charge in [-0.25, -0.2) is 4.90 Å². The summed E-state index contributed by atoms with van der Waals surface area (Å²) in [7, 11) is 2.85. The molecule has 1 aromatic carbocycles. The predicted octanol–water partition coefficient (Wildman–Crippen LogP) is 2.03. The Morgan fingerprint density at radius 2 is 1.54 bits per heavy atom. The molecule has 0 unspecified atom stereocenters. The molecule has 2 amide bonds. The van der Waals surface area contributed by atoms with Crippen molar-refractivity contribution >= 4 is 17.7 Å². The van der Waals surface area contributed by atoms with Crippen LogP contribution in [0.5, 0.6) is 23.0 Å². The minimum Gasteiger partial charge on any atom is -0.502 e. The quantitative estimate of drug-likeness (QED) is 0.824. The van der Waals surface area contributed by atoms with Crippen LogP contribution < -0.4 is 14.4 Å². The van der Waals surface area contributed by atoms with Crippen LogP contribution in [0.2, 0.25) is 0 Å². The van der Waals surface area contributed by atoms with E-state index in [1.807, 2.05) is 0 Å². The molecule has 2 aromatic rings. The van der Waals surface area contributed by atoms with E-state index >= 15 is 0 Å². The summed E-state index contributed by atoms with van der Waals surface area (Å²) < 4.78 is 15.9. The van der Waals surface area contributed by atoms with Gasteiger partial charge in [0.1, 0.15) is 17.1 Å². The van der Waals surface area contributed by atoms with Crippen molar-refractivity contribution in [1.29, 1.82) is 0 Å². The first kappa shape index (κ1) is 15.7. The number of hydrogen-bond acceptors (Lipinski definition) is 7. The van der Waals surface area contributed by atoms with Crippen LogP contribution in [-0.4, -0.2) is 36.2 Å². The lowest BCUT2D eigenvalue weighted by Gasteiger charge is -2.12. The number of methoxy groups -OCH3 is 2. The Hall–Kier alpha value is -3.16. The van der Waals surface area contributed by atoms with Crippen molar-refractivity contribution in [3.63, 3.8) is 0 Å². The zero-order chi connectivity index (χ0) is 17.4. The number of amides is 2. The fourth-order valence-corrected chi connectivity index (χ4v) is 2.60. The van der Waals surface area contributed by atoms with Gasteiger partial charge in [0.2, 0.25) is 23.3 Å². The molecule has 126 valence electrons. The van der Waals surface area contributed by atoms with Gasteiger partial charge in [0.15, 0.2) is 5.76 Å². The topological polar surface area (TPSA) is 109 Å². The monoisotopic (exact) mass is 333 g/mol. The van der Waals surface area contributed by atoms with Crippen LogP contribution in [-0.2, 0) is 9.59 Å². The third kappa shape index (κ3) is 2.23. The highest BCUT2D eigenvalue weighted by atomic mass is 16.5. The standard InChI is InChI=1S/C16H15NO7/c1-22-8-4-3-5-9(23-2)12(8)15-13(20)14(21)16(24-15)17-10(18)6-7-11(17)19/h3-5,20-21H,6-7H2,1-2H3. The SMILES string of the molecule is COc1cccc(OC)c1-c1oc(N2C(=O)CCC2=O)c(O)c1O. The van der Waals surface area contributed by atoms with E-state index in [0.717, 1.165) is 4.90 Å². The second-order valence-corrected chi connectivity index (χ2v) is 5.09. The average Bonchev–Trinajstić information content (AvgIpc) is 3.06. The summed E-state index contributed by atoms with van der Waals surface area (Å²) in [5, 5.41) is 20.4. The Bertz CT molecular complexity index is 786. The molecule has 24 heavy (non-hydrogen) atoms. The lowest BCUT2D eigenvalue weighted by molar-refractivity contribution is -0.121. The molecule has 2 N–H and O–H groups in total. The van der Waals surface area contributed by atoms with E-state index in [1.165, 1.54) is 14.2 Å². The van der Waals surface area contributed by atoms with Gasteiger partial charge in [0, 0.05) is 12.8 Å². The molecule has 0 spiro atoms. The first-order valence-corrected chi connectivity index (χ1v) is 7.11. The summed E-state index contributed by atoms with van der Waals surface area (Å²) in [6.45, 7) is 0. The number of hydrogen-bond donors (Lipinski definition) is 2. The molecular weight excluding hydrogens is 318 g/mol. The van der Waals surface area contributed by atoms with Gasteiger partial charge in [-0.1, -0.05) is 6.07 Å². The van der Waals surface area contributed by atoms with Gasteiger partial charge in [-0.05, 0) is 12.1 Å². The zero-order valence-electron chi connectivity index (χ0n) is 13.0. The number of benzene rings is 1. The van der Waals surface area contributed by atoms with E-state index in [0.29, 0.717) is 11.5 Å². The van der Waals surface area contributed by atoms with E-state index in [9.17, 15) is 19.8 Å². The molecule has 3 rings (SSSR count). The summed E-state index contributed by atoms with van der Waals surface area (Å²) in [6.07, 6.45) is 0.0418. The molecule has 8 heteroatoms. The van der Waals surface area contributed by atoms with Crippen LogP contribution in [0.1, 0.15) is 12.8 Å². The largest absolute Gasteiger partial charge is 0.502 e. The number of carbonyl (C=O) groups is 2. The molecule has 2 heterocycles. The Labute approximate surface area is 136 Å². The van der Waals surface area contributed by atoms with Gasteiger partial charge in [-0.3, -0.25) is 9.59 Å². The van der Waals surface area contributed by atoms with Gasteiger partial charge in [-0.15, -0.1) is 0 Å². The van der Waals surface area contributed by atoms with Crippen LogP contribution in [0.15, 0.2) is 22.6 Å². The van der Waals surface area contributed by atoms with Crippen molar-refractivity contribution in [2.45, 2.75) is 12.8 Å². The van der Waals surface area contributed by atoms with E-state index < -0.39 is 29.2 Å². The molecule has 0 radical (unpaired) electrons. The number of rotatable bonds is 4. The summed E-state index contributed by atoms with van der Waals surface area (Å²) in [5.41, 5.74) is 0.251. The lowest BCUT2D eigenvalue weighted by Crippen LogP contribution is -2.28. The first-order valence-electron chi connectivity index (χ1n) is 7.11.